The molecule has 3 rings (SSSR count). The Balaban J connectivity index is 1.65. The van der Waals surface area contributed by atoms with E-state index < -0.39 is 12.0 Å². The first-order valence-electron chi connectivity index (χ1n) is 17.6. The number of anilines is 1. The van der Waals surface area contributed by atoms with Crippen LogP contribution in [0.25, 0.3) is 11.1 Å². The molecule has 1 aliphatic rings. The molecule has 0 spiro atoms. The molecule has 1 atom stereocenters. The number of hydrogen-bond acceptors (Lipinski definition) is 17. The molecule has 0 fully saturated rings. The molecule has 0 saturated heterocycles. The van der Waals surface area contributed by atoms with E-state index in [0.29, 0.717) is 69.4 Å². The number of halogens is 1. The second-order valence-electron chi connectivity index (χ2n) is 11.7. The third-order valence-corrected chi connectivity index (χ3v) is 7.82. The van der Waals surface area contributed by atoms with Gasteiger partial charge in [-0.15, -0.1) is 15.1 Å². The molecule has 2 aromatic carbocycles. The summed E-state index contributed by atoms with van der Waals surface area (Å²) in [6.45, 7) is 5.20. The van der Waals surface area contributed by atoms with Gasteiger partial charge in [0.25, 0.3) is 5.91 Å². The first-order chi connectivity index (χ1) is 26.4. The maximum absolute atomic E-state index is 13.4. The van der Waals surface area contributed by atoms with Gasteiger partial charge in [-0.25, -0.2) is 5.53 Å². The van der Waals surface area contributed by atoms with Gasteiger partial charge in [-0.3, -0.25) is 14.4 Å². The highest BCUT2D eigenvalue weighted by molar-refractivity contribution is 6.04. The predicted octanol–water partition coefficient (Wildman–Crippen LogP) is -0.722. The van der Waals surface area contributed by atoms with E-state index in [9.17, 15) is 24.0 Å². The van der Waals surface area contributed by atoms with Crippen LogP contribution >= 0.6 is 0 Å². The minimum Gasteiger partial charge on any atom is -0.598 e. The fourth-order valence-electron chi connectivity index (χ4n) is 5.36. The molecule has 1 aliphatic carbocycles. The van der Waals surface area contributed by atoms with Gasteiger partial charge in [-0.05, 0) is 59.7 Å². The van der Waals surface area contributed by atoms with Crippen molar-refractivity contribution in [1.82, 2.24) is 55.0 Å². The van der Waals surface area contributed by atoms with E-state index in [-0.39, 0.29) is 37.2 Å². The number of carbonyl (C=O) groups excluding carboxylic acids is 3. The van der Waals surface area contributed by atoms with Gasteiger partial charge in [0.1, 0.15) is 0 Å². The maximum atomic E-state index is 13.4. The van der Waals surface area contributed by atoms with Crippen LogP contribution in [0.2, 0.25) is 0 Å². The quantitative estimate of drug-likeness (QED) is 0.0161. The number of nitrogens with one attached hydrogen (secondary N) is 11. The lowest BCUT2D eigenvalue weighted by molar-refractivity contribution is -0.251. The summed E-state index contributed by atoms with van der Waals surface area (Å²) in [6, 6.07) is 10.7. The summed E-state index contributed by atoms with van der Waals surface area (Å²) in [5.41, 5.74) is 20.5. The standard InChI is InChI=1S/C33H53FN12O8/c1-3-4-17-52-19-14-35-29(47)10-6-11-30(48)37-23-12-13-25-27(21-23)28(22-54-33(50)38-40-42-44-46-45-43-41-39-34)24-8-5-9-26(31(24)25)32(49)36-15-20-53-18-7-16-51-2/h5,8-9,12-13,21,28,39-46H,3-4,6-7,10-11,14-20,22H2,1-2H3,(H,35,47)(H,36,49)(H,37,48)(H,38,50)/p-1. The molecule has 0 bridgehead atoms. The van der Waals surface area contributed by atoms with E-state index >= 15 is 0 Å². The summed E-state index contributed by atoms with van der Waals surface area (Å²) in [6.07, 6.45) is 2.50. The van der Waals surface area contributed by atoms with Crippen LogP contribution in [-0.4, -0.2) is 83.6 Å². The fraction of sp³-hybridized carbons (Fsp3) is 0.515. The Bertz CT molecular complexity index is 1470. The zero-order valence-corrected chi connectivity index (χ0v) is 30.5. The number of carbonyl (C=O) groups is 3. The molecule has 20 nitrogen and oxygen atoms in total. The van der Waals surface area contributed by atoms with Gasteiger partial charge < -0.3 is 40.0 Å². The van der Waals surface area contributed by atoms with Gasteiger partial charge in [-0.2, -0.15) is 27.7 Å². The Morgan fingerprint density at radius 3 is 2.30 bits per heavy atom. The highest BCUT2D eigenvalue weighted by Crippen LogP contribution is 2.47. The van der Waals surface area contributed by atoms with Gasteiger partial charge in [0.2, 0.25) is 11.8 Å². The number of nitrogens with zero attached hydrogens (tertiary/aromatic N) is 1. The fourth-order valence-corrected chi connectivity index (χ4v) is 5.36. The van der Waals surface area contributed by atoms with E-state index in [1.54, 1.807) is 31.4 Å². The molecule has 2 aromatic rings. The molecule has 0 aromatic heterocycles. The number of benzene rings is 2. The largest absolute Gasteiger partial charge is 0.598 e. The monoisotopic (exact) mass is 763 g/mol. The Kier molecular flexibility index (Phi) is 21.3. The lowest BCUT2D eigenvalue weighted by Crippen LogP contribution is -2.61. The summed E-state index contributed by atoms with van der Waals surface area (Å²) < 4.78 is 33.2. The molecule has 3 amide bonds. The maximum Gasteiger partial charge on any atom is 0.252 e. The van der Waals surface area contributed by atoms with Crippen LogP contribution in [0, 0.1) is 0 Å². The number of rotatable bonds is 29. The average Bonchev–Trinajstić information content (AvgIpc) is 3.48. The first kappa shape index (κ1) is 43.9. The molecule has 0 heterocycles. The molecule has 0 saturated carbocycles. The number of hydrazone groups is 1. The Morgan fingerprint density at radius 1 is 0.815 bits per heavy atom. The number of unbranched alkanes of at least 4 members (excludes halogenated alkanes) is 1. The first-order valence-corrected chi connectivity index (χ1v) is 17.6. The molecule has 11 N–H and O–H groups in total. The zero-order valence-electron chi connectivity index (χ0n) is 30.5. The number of ether oxygens (including phenoxy) is 4. The minimum absolute atomic E-state index is 0.129. The van der Waals surface area contributed by atoms with Crippen LogP contribution in [0.5, 0.6) is 0 Å². The minimum atomic E-state index is -0.953. The average molecular weight is 764 g/mol. The molecular formula is C33H52FN12O8-. The number of fused-ring (bicyclic) bond motifs is 3. The molecular weight excluding hydrogens is 711 g/mol. The second-order valence-corrected chi connectivity index (χ2v) is 11.7. The van der Waals surface area contributed by atoms with Crippen molar-refractivity contribution in [3.63, 3.8) is 0 Å². The number of hydrazine groups is 7. The van der Waals surface area contributed by atoms with Crippen molar-refractivity contribution in [3.05, 3.63) is 53.1 Å². The van der Waals surface area contributed by atoms with Crippen LogP contribution in [-0.2, 0) is 28.5 Å². The van der Waals surface area contributed by atoms with Crippen LogP contribution in [0.4, 0.5) is 10.2 Å². The van der Waals surface area contributed by atoms with E-state index in [1.807, 2.05) is 17.7 Å². The van der Waals surface area contributed by atoms with Crippen LogP contribution in [0.3, 0.4) is 0 Å². The smallest absolute Gasteiger partial charge is 0.252 e. The van der Waals surface area contributed by atoms with Crippen molar-refractivity contribution >= 4 is 29.5 Å². The van der Waals surface area contributed by atoms with Crippen molar-refractivity contribution in [2.45, 2.75) is 51.4 Å². The van der Waals surface area contributed by atoms with Crippen molar-refractivity contribution in [1.29, 1.82) is 0 Å². The highest BCUT2D eigenvalue weighted by Gasteiger charge is 2.32. The van der Waals surface area contributed by atoms with Crippen molar-refractivity contribution in [2.75, 3.05) is 65.2 Å². The van der Waals surface area contributed by atoms with Crippen LogP contribution in [0.1, 0.15) is 72.9 Å². The van der Waals surface area contributed by atoms with E-state index in [2.05, 4.69) is 61.2 Å². The van der Waals surface area contributed by atoms with Gasteiger partial charge >= 0.3 is 0 Å². The zero-order chi connectivity index (χ0) is 38.8. The van der Waals surface area contributed by atoms with Gasteiger partial charge in [0.05, 0.1) is 13.2 Å². The van der Waals surface area contributed by atoms with Crippen molar-refractivity contribution < 1.29 is 42.9 Å². The summed E-state index contributed by atoms with van der Waals surface area (Å²) in [5.74, 6) is -1.22. The number of methoxy groups -OCH3 is 1. The van der Waals surface area contributed by atoms with Crippen LogP contribution < -0.4 is 65.4 Å². The van der Waals surface area contributed by atoms with Gasteiger partial charge in [0, 0.05) is 76.6 Å². The summed E-state index contributed by atoms with van der Waals surface area (Å²) in [4.78, 5) is 38.4. The molecule has 1 unspecified atom stereocenters. The lowest BCUT2D eigenvalue weighted by atomic mass is 9.96. The molecule has 300 valence electrons. The Morgan fingerprint density at radius 2 is 1.54 bits per heavy atom. The molecule has 21 heteroatoms. The number of amides is 3. The third-order valence-electron chi connectivity index (χ3n) is 7.82. The van der Waals surface area contributed by atoms with E-state index in [0.717, 1.165) is 41.6 Å². The summed E-state index contributed by atoms with van der Waals surface area (Å²) >= 11 is 0. The Labute approximate surface area is 313 Å². The van der Waals surface area contributed by atoms with Crippen molar-refractivity contribution in [2.24, 2.45) is 5.10 Å². The molecule has 54 heavy (non-hydrogen) atoms. The topological polar surface area (TPSA) is 256 Å². The predicted molar refractivity (Wildman–Crippen MR) is 194 cm³/mol. The normalized spacial score (nSPS) is 13.2. The van der Waals surface area contributed by atoms with Crippen molar-refractivity contribution in [3.8, 4) is 11.1 Å². The van der Waals surface area contributed by atoms with Gasteiger partial charge in [0.15, 0.2) is 6.08 Å². The summed E-state index contributed by atoms with van der Waals surface area (Å²) in [5, 5.41) is 24.6. The van der Waals surface area contributed by atoms with E-state index in [1.165, 1.54) is 0 Å². The highest BCUT2D eigenvalue weighted by atomic mass is 19.2. The lowest BCUT2D eigenvalue weighted by Gasteiger charge is -2.21. The summed E-state index contributed by atoms with van der Waals surface area (Å²) in [7, 11) is 1.62. The van der Waals surface area contributed by atoms with Crippen LogP contribution in [0.15, 0.2) is 41.5 Å². The Hall–Kier alpha value is -4.55. The number of hydrogen-bond donors (Lipinski definition) is 11. The van der Waals surface area contributed by atoms with E-state index in [4.69, 9.17) is 18.9 Å². The molecule has 0 aliphatic heterocycles. The van der Waals surface area contributed by atoms with Gasteiger partial charge in [-0.1, -0.05) is 37.2 Å². The SMILES string of the molecule is CCCCOCCNC(=O)CCCC(=O)Nc1ccc2c(c1)C(COC([O-])=NNNNNNNNNF)c1cccc(C(=O)NCCOCCCOC)c1-2. The third kappa shape index (κ3) is 15.8. The molecule has 0 radical (unpaired) electrons. The second kappa shape index (κ2) is 26.3.